The Morgan fingerprint density at radius 1 is 1.39 bits per heavy atom. The summed E-state index contributed by atoms with van der Waals surface area (Å²) >= 11 is 3.44. The number of amides is 1. The SMILES string of the molecule is CN(C(=O)O[C@@H]1CCN(c2nc3ncc(Br)cc3n3cnnc23)C1)C(C)(C)C. The van der Waals surface area contributed by atoms with Crippen molar-refractivity contribution in [3.05, 3.63) is 23.1 Å². The molecule has 0 unspecified atom stereocenters. The van der Waals surface area contributed by atoms with E-state index in [1.54, 1.807) is 24.5 Å². The summed E-state index contributed by atoms with van der Waals surface area (Å²) in [4.78, 5) is 25.2. The first kappa shape index (κ1) is 18.9. The number of fused-ring (bicyclic) bond motifs is 3. The highest BCUT2D eigenvalue weighted by Crippen LogP contribution is 2.27. The lowest BCUT2D eigenvalue weighted by Gasteiger charge is -2.32. The second kappa shape index (κ2) is 6.84. The molecule has 0 aromatic carbocycles. The normalized spacial score (nSPS) is 17.5. The van der Waals surface area contributed by atoms with E-state index in [9.17, 15) is 4.79 Å². The summed E-state index contributed by atoms with van der Waals surface area (Å²) in [5.74, 6) is 0.697. The van der Waals surface area contributed by atoms with Crippen LogP contribution in [0, 0.1) is 0 Å². The summed E-state index contributed by atoms with van der Waals surface area (Å²) in [5.41, 5.74) is 1.81. The molecule has 10 heteroatoms. The zero-order valence-corrected chi connectivity index (χ0v) is 17.8. The summed E-state index contributed by atoms with van der Waals surface area (Å²) < 4.78 is 8.44. The van der Waals surface area contributed by atoms with E-state index in [4.69, 9.17) is 9.72 Å². The molecule has 1 aliphatic rings. The molecule has 1 saturated heterocycles. The van der Waals surface area contributed by atoms with Crippen LogP contribution in [0.3, 0.4) is 0 Å². The summed E-state index contributed by atoms with van der Waals surface area (Å²) in [5, 5.41) is 8.28. The van der Waals surface area contributed by atoms with Crippen LogP contribution in [0.1, 0.15) is 27.2 Å². The Labute approximate surface area is 170 Å². The minimum absolute atomic E-state index is 0.198. The molecular formula is C18H22BrN7O2. The number of ether oxygens (including phenoxy) is 1. The van der Waals surface area contributed by atoms with Gasteiger partial charge in [0.1, 0.15) is 12.4 Å². The van der Waals surface area contributed by atoms with Crippen LogP contribution in [0.25, 0.3) is 16.8 Å². The molecule has 4 heterocycles. The Morgan fingerprint density at radius 3 is 2.93 bits per heavy atom. The minimum atomic E-state index is -0.315. The second-order valence-electron chi connectivity index (χ2n) is 7.93. The van der Waals surface area contributed by atoms with Crippen molar-refractivity contribution in [2.75, 3.05) is 25.0 Å². The van der Waals surface area contributed by atoms with Gasteiger partial charge in [-0.3, -0.25) is 4.40 Å². The van der Waals surface area contributed by atoms with Gasteiger partial charge in [-0.2, -0.15) is 0 Å². The summed E-state index contributed by atoms with van der Waals surface area (Å²) in [6, 6.07) is 1.94. The number of hydrogen-bond donors (Lipinski definition) is 0. The maximum Gasteiger partial charge on any atom is 0.410 e. The lowest BCUT2D eigenvalue weighted by Crippen LogP contribution is -2.44. The number of hydrogen-bond acceptors (Lipinski definition) is 7. The molecule has 1 amide bonds. The van der Waals surface area contributed by atoms with Crippen molar-refractivity contribution in [2.24, 2.45) is 0 Å². The molecule has 0 saturated carbocycles. The van der Waals surface area contributed by atoms with E-state index in [2.05, 4.69) is 36.0 Å². The summed E-state index contributed by atoms with van der Waals surface area (Å²) in [7, 11) is 1.75. The molecule has 0 N–H and O–H groups in total. The van der Waals surface area contributed by atoms with Crippen molar-refractivity contribution in [1.29, 1.82) is 0 Å². The largest absolute Gasteiger partial charge is 0.444 e. The number of carbonyl (C=O) groups excluding carboxylic acids is 1. The van der Waals surface area contributed by atoms with Crippen molar-refractivity contribution in [3.8, 4) is 0 Å². The molecule has 0 bridgehead atoms. The molecule has 1 fully saturated rings. The van der Waals surface area contributed by atoms with Crippen LogP contribution in [0.5, 0.6) is 0 Å². The van der Waals surface area contributed by atoms with Gasteiger partial charge in [-0.25, -0.2) is 14.8 Å². The Morgan fingerprint density at radius 2 is 2.18 bits per heavy atom. The number of anilines is 1. The molecule has 1 atom stereocenters. The fourth-order valence-corrected chi connectivity index (χ4v) is 3.44. The van der Waals surface area contributed by atoms with Gasteiger partial charge in [0, 0.05) is 36.2 Å². The molecule has 9 nitrogen and oxygen atoms in total. The number of rotatable bonds is 2. The third-order valence-corrected chi connectivity index (χ3v) is 5.46. The number of aromatic nitrogens is 5. The van der Waals surface area contributed by atoms with Crippen LogP contribution in [0.15, 0.2) is 23.1 Å². The molecule has 3 aromatic heterocycles. The quantitative estimate of drug-likeness (QED) is 0.596. The van der Waals surface area contributed by atoms with E-state index in [-0.39, 0.29) is 17.7 Å². The first-order chi connectivity index (χ1) is 13.2. The van der Waals surface area contributed by atoms with Gasteiger partial charge >= 0.3 is 6.09 Å². The maximum atomic E-state index is 12.4. The molecular weight excluding hydrogens is 426 g/mol. The van der Waals surface area contributed by atoms with Crippen LogP contribution in [0.2, 0.25) is 0 Å². The molecule has 148 valence electrons. The number of pyridine rings is 1. The van der Waals surface area contributed by atoms with Crippen LogP contribution in [0.4, 0.5) is 10.6 Å². The third kappa shape index (κ3) is 3.36. The van der Waals surface area contributed by atoms with Gasteiger partial charge in [0.15, 0.2) is 11.5 Å². The van der Waals surface area contributed by atoms with Crippen molar-refractivity contribution in [2.45, 2.75) is 38.8 Å². The topological polar surface area (TPSA) is 88.8 Å². The third-order valence-electron chi connectivity index (χ3n) is 5.03. The zero-order valence-electron chi connectivity index (χ0n) is 16.3. The lowest BCUT2D eigenvalue weighted by atomic mass is 10.1. The highest BCUT2D eigenvalue weighted by molar-refractivity contribution is 9.10. The smallest absolute Gasteiger partial charge is 0.410 e. The molecule has 0 spiro atoms. The monoisotopic (exact) mass is 447 g/mol. The van der Waals surface area contributed by atoms with E-state index in [1.807, 2.05) is 31.2 Å². The Kier molecular flexibility index (Phi) is 4.60. The Hall–Kier alpha value is -2.49. The van der Waals surface area contributed by atoms with Gasteiger partial charge in [-0.05, 0) is 42.8 Å². The van der Waals surface area contributed by atoms with E-state index >= 15 is 0 Å². The predicted octanol–water partition coefficient (Wildman–Crippen LogP) is 2.88. The lowest BCUT2D eigenvalue weighted by molar-refractivity contribution is 0.0545. The molecule has 0 radical (unpaired) electrons. The first-order valence-corrected chi connectivity index (χ1v) is 9.88. The van der Waals surface area contributed by atoms with Gasteiger partial charge in [0.25, 0.3) is 0 Å². The number of halogens is 1. The summed E-state index contributed by atoms with van der Waals surface area (Å²) in [6.45, 7) is 7.20. The molecule has 1 aliphatic heterocycles. The van der Waals surface area contributed by atoms with Crippen molar-refractivity contribution < 1.29 is 9.53 Å². The van der Waals surface area contributed by atoms with Crippen molar-refractivity contribution in [3.63, 3.8) is 0 Å². The fraction of sp³-hybridized carbons (Fsp3) is 0.500. The molecule has 3 aromatic rings. The van der Waals surface area contributed by atoms with Crippen LogP contribution < -0.4 is 4.90 Å². The van der Waals surface area contributed by atoms with Gasteiger partial charge in [-0.1, -0.05) is 0 Å². The van der Waals surface area contributed by atoms with Crippen LogP contribution in [-0.4, -0.2) is 67.3 Å². The minimum Gasteiger partial charge on any atom is -0.444 e. The van der Waals surface area contributed by atoms with E-state index in [1.165, 1.54) is 0 Å². The van der Waals surface area contributed by atoms with Gasteiger partial charge in [0.2, 0.25) is 5.65 Å². The van der Waals surface area contributed by atoms with E-state index in [0.29, 0.717) is 30.2 Å². The Balaban J connectivity index is 1.59. The molecule has 0 aliphatic carbocycles. The average Bonchev–Trinajstić information content (AvgIpc) is 3.29. The number of nitrogens with zero attached hydrogens (tertiary/aromatic N) is 7. The standard InChI is InChI=1S/C18H22BrN7O2/c1-18(2,3)24(4)17(27)28-12-5-6-25(9-12)15-16-23-21-10-26(16)13-7-11(19)8-20-14(13)22-15/h7-8,10,12H,5-6,9H2,1-4H3/t12-/m1/s1. The second-order valence-corrected chi connectivity index (χ2v) is 8.84. The maximum absolute atomic E-state index is 12.4. The van der Waals surface area contributed by atoms with Crippen molar-refractivity contribution in [1.82, 2.24) is 29.5 Å². The van der Waals surface area contributed by atoms with Crippen LogP contribution in [-0.2, 0) is 4.74 Å². The Bertz CT molecular complexity index is 1050. The van der Waals surface area contributed by atoms with E-state index < -0.39 is 0 Å². The predicted molar refractivity (Wildman–Crippen MR) is 108 cm³/mol. The molecule has 28 heavy (non-hydrogen) atoms. The van der Waals surface area contributed by atoms with Crippen molar-refractivity contribution >= 4 is 44.7 Å². The van der Waals surface area contributed by atoms with Gasteiger partial charge < -0.3 is 14.5 Å². The highest BCUT2D eigenvalue weighted by atomic mass is 79.9. The van der Waals surface area contributed by atoms with Gasteiger partial charge in [-0.15, -0.1) is 10.2 Å². The fourth-order valence-electron chi connectivity index (χ4n) is 3.12. The summed E-state index contributed by atoms with van der Waals surface area (Å²) in [6.07, 6.45) is 3.59. The van der Waals surface area contributed by atoms with Crippen LogP contribution >= 0.6 is 15.9 Å². The molecule has 4 rings (SSSR count). The number of carbonyl (C=O) groups is 1. The highest BCUT2D eigenvalue weighted by Gasteiger charge is 2.32. The average molecular weight is 448 g/mol. The zero-order chi connectivity index (χ0) is 20.1. The van der Waals surface area contributed by atoms with Gasteiger partial charge in [0.05, 0.1) is 12.1 Å². The first-order valence-electron chi connectivity index (χ1n) is 9.08. The van der Waals surface area contributed by atoms with E-state index in [0.717, 1.165) is 16.4 Å².